The van der Waals surface area contributed by atoms with Crippen LogP contribution in [0.2, 0.25) is 13.1 Å². The first-order chi connectivity index (χ1) is 14.2. The first-order valence-corrected chi connectivity index (χ1v) is 20.0. The minimum absolute atomic E-state index is 0.349. The Labute approximate surface area is 191 Å². The predicted molar refractivity (Wildman–Crippen MR) is 130 cm³/mol. The van der Waals surface area contributed by atoms with Gasteiger partial charge in [-0.3, -0.25) is 0 Å². The van der Waals surface area contributed by atoms with Gasteiger partial charge in [-0.2, -0.15) is 0 Å². The molecule has 2 aliphatic rings. The van der Waals surface area contributed by atoms with Gasteiger partial charge < -0.3 is 0 Å². The molecule has 0 aromatic heterocycles. The van der Waals surface area contributed by atoms with Gasteiger partial charge in [-0.25, -0.2) is 0 Å². The molecule has 2 aromatic carbocycles. The van der Waals surface area contributed by atoms with Gasteiger partial charge in [-0.05, 0) is 0 Å². The fraction of sp³-hybridized carbons (Fsp3) is 0.357. The van der Waals surface area contributed by atoms with Gasteiger partial charge in [0.05, 0.1) is 0 Å². The Morgan fingerprint density at radius 3 is 2.00 bits per heavy atom. The third-order valence-corrected chi connectivity index (χ3v) is 26.0. The topological polar surface area (TPSA) is 0 Å². The van der Waals surface area contributed by atoms with E-state index in [0.717, 1.165) is 0 Å². The van der Waals surface area contributed by atoms with Crippen molar-refractivity contribution in [3.05, 3.63) is 96.4 Å². The summed E-state index contributed by atoms with van der Waals surface area (Å²) >= 11 is -1.92. The van der Waals surface area contributed by atoms with Crippen molar-refractivity contribution in [2.75, 3.05) is 0 Å². The third kappa shape index (κ3) is 3.45. The molecule has 2 heteroatoms. The molecule has 0 saturated heterocycles. The molecular formula is C28H34SiZr. The quantitative estimate of drug-likeness (QED) is 0.384. The van der Waals surface area contributed by atoms with E-state index < -0.39 is 20.4 Å². The summed E-state index contributed by atoms with van der Waals surface area (Å²) in [5.74, 6) is 0.657. The van der Waals surface area contributed by atoms with Crippen LogP contribution in [0.25, 0.3) is 5.57 Å². The van der Waals surface area contributed by atoms with Crippen molar-refractivity contribution in [2.24, 2.45) is 5.92 Å². The Kier molecular flexibility index (Phi) is 6.12. The third-order valence-electron chi connectivity index (χ3n) is 7.45. The van der Waals surface area contributed by atoms with E-state index in [1.165, 1.54) is 27.8 Å². The monoisotopic (exact) mass is 488 g/mol. The van der Waals surface area contributed by atoms with Crippen molar-refractivity contribution < 1.29 is 20.4 Å². The van der Waals surface area contributed by atoms with Gasteiger partial charge in [0.2, 0.25) is 0 Å². The molecule has 0 radical (unpaired) electrons. The second kappa shape index (κ2) is 8.36. The van der Waals surface area contributed by atoms with Crippen LogP contribution in [-0.4, -0.2) is 5.43 Å². The van der Waals surface area contributed by atoms with Gasteiger partial charge >= 0.3 is 192 Å². The van der Waals surface area contributed by atoms with Gasteiger partial charge in [0, 0.05) is 0 Å². The molecule has 30 heavy (non-hydrogen) atoms. The van der Waals surface area contributed by atoms with E-state index in [1.807, 2.05) is 3.28 Å². The van der Waals surface area contributed by atoms with Crippen molar-refractivity contribution in [3.8, 4) is 0 Å². The standard InChI is InChI=1S/C17H15.C9H13.C2H6Si.Zr/c1-12-6-5-7-13(2)17(12)16-11-10-14-8-3-4-9-15(14)16;1-6-5-7(2)9(4)8(6)3;1-3-2;/h3-11H,1-2H3;6H,1-4H3;1-2H3;. The van der Waals surface area contributed by atoms with Crippen LogP contribution >= 0.6 is 0 Å². The van der Waals surface area contributed by atoms with Crippen molar-refractivity contribution in [1.82, 2.24) is 0 Å². The fourth-order valence-corrected chi connectivity index (χ4v) is 25.3. The van der Waals surface area contributed by atoms with Crippen LogP contribution in [0, 0.1) is 19.8 Å². The summed E-state index contributed by atoms with van der Waals surface area (Å²) in [5, 5.41) is 0. The van der Waals surface area contributed by atoms with Crippen molar-refractivity contribution in [1.29, 1.82) is 0 Å². The van der Waals surface area contributed by atoms with Gasteiger partial charge in [0.1, 0.15) is 0 Å². The van der Waals surface area contributed by atoms with Crippen LogP contribution in [0.15, 0.2) is 68.5 Å². The number of benzene rings is 2. The van der Waals surface area contributed by atoms with Crippen molar-refractivity contribution in [3.63, 3.8) is 0 Å². The number of hydrogen-bond donors (Lipinski definition) is 0. The SMILES string of the molecule is CC1=C(C)C(C)[C]([Zr]([CH]2C=C(c3c(C)cccc3C)c3ccccc32)=[Si](C)C)=C1C. The zero-order valence-corrected chi connectivity index (χ0v) is 23.2. The summed E-state index contributed by atoms with van der Waals surface area (Å²) in [6.45, 7) is 19.4. The van der Waals surface area contributed by atoms with Crippen LogP contribution in [0.4, 0.5) is 0 Å². The van der Waals surface area contributed by atoms with Crippen LogP contribution in [0.5, 0.6) is 0 Å². The molecular weight excluding hydrogens is 456 g/mol. The molecule has 0 aliphatic heterocycles. The van der Waals surface area contributed by atoms with Gasteiger partial charge in [-0.15, -0.1) is 0 Å². The summed E-state index contributed by atoms with van der Waals surface area (Å²) in [4.78, 5) is 0. The molecule has 2 atom stereocenters. The van der Waals surface area contributed by atoms with Crippen molar-refractivity contribution >= 4 is 11.0 Å². The van der Waals surface area contributed by atoms with Gasteiger partial charge in [0.25, 0.3) is 0 Å². The molecule has 2 aromatic rings. The molecule has 0 N–H and O–H groups in total. The van der Waals surface area contributed by atoms with E-state index >= 15 is 0 Å². The maximum atomic E-state index is 2.71. The van der Waals surface area contributed by atoms with Crippen molar-refractivity contribution in [2.45, 2.75) is 58.3 Å². The fourth-order valence-electron chi connectivity index (χ4n) is 5.60. The van der Waals surface area contributed by atoms with E-state index in [9.17, 15) is 0 Å². The number of rotatable bonds is 3. The average Bonchev–Trinajstić information content (AvgIpc) is 3.16. The summed E-state index contributed by atoms with van der Waals surface area (Å²) in [7, 11) is 0. The second-order valence-corrected chi connectivity index (χ2v) is 26.8. The van der Waals surface area contributed by atoms with Crippen LogP contribution < -0.4 is 0 Å². The van der Waals surface area contributed by atoms with Crippen LogP contribution in [0.3, 0.4) is 0 Å². The van der Waals surface area contributed by atoms with Gasteiger partial charge in [0.15, 0.2) is 0 Å². The molecule has 0 nitrogen and oxygen atoms in total. The Morgan fingerprint density at radius 2 is 1.43 bits per heavy atom. The van der Waals surface area contributed by atoms with E-state index in [1.54, 1.807) is 22.3 Å². The molecule has 4 rings (SSSR count). The molecule has 154 valence electrons. The zero-order valence-electron chi connectivity index (χ0n) is 19.8. The first-order valence-electron chi connectivity index (χ1n) is 11.2. The van der Waals surface area contributed by atoms with Crippen LogP contribution in [-0.2, 0) is 20.4 Å². The number of allylic oxidation sites excluding steroid dienone is 5. The normalized spacial score (nSPS) is 20.6. The number of fused-ring (bicyclic) bond motifs is 1. The molecule has 0 amide bonds. The number of hydrogen-bond acceptors (Lipinski definition) is 0. The second-order valence-electron chi connectivity index (χ2n) is 9.39. The summed E-state index contributed by atoms with van der Waals surface area (Å²) in [5.41, 5.74) is 13.4. The van der Waals surface area contributed by atoms with Gasteiger partial charge in [-0.1, -0.05) is 0 Å². The molecule has 2 aliphatic carbocycles. The molecule has 0 bridgehead atoms. The van der Waals surface area contributed by atoms with E-state index in [-0.39, 0.29) is 5.43 Å². The Balaban J connectivity index is 1.95. The maximum absolute atomic E-state index is 2.71. The first kappa shape index (κ1) is 22.0. The summed E-state index contributed by atoms with van der Waals surface area (Å²) in [6.07, 6.45) is 2.71. The van der Waals surface area contributed by atoms with E-state index in [0.29, 0.717) is 9.54 Å². The zero-order chi connectivity index (χ0) is 21.7. The molecule has 2 unspecified atom stereocenters. The molecule has 0 heterocycles. The van der Waals surface area contributed by atoms with E-state index in [4.69, 9.17) is 0 Å². The summed E-state index contributed by atoms with van der Waals surface area (Å²) in [6, 6.07) is 16.0. The Morgan fingerprint density at radius 1 is 0.800 bits per heavy atom. The average molecular weight is 490 g/mol. The van der Waals surface area contributed by atoms with E-state index in [2.05, 4.69) is 103 Å². The molecule has 0 spiro atoms. The predicted octanol–water partition coefficient (Wildman–Crippen LogP) is 7.92. The minimum atomic E-state index is -1.92. The Bertz CT molecular complexity index is 1150. The van der Waals surface area contributed by atoms with Crippen LogP contribution in [0.1, 0.15) is 59.1 Å². The number of aryl methyl sites for hydroxylation is 2. The molecule has 0 saturated carbocycles. The molecule has 0 fully saturated rings. The summed E-state index contributed by atoms with van der Waals surface area (Å²) < 4.78 is 2.58. The Hall–Kier alpha value is -1.24.